The van der Waals surface area contributed by atoms with Gasteiger partial charge in [0.2, 0.25) is 0 Å². The number of thioether (sulfide) groups is 1. The highest BCUT2D eigenvalue weighted by molar-refractivity contribution is 7.98. The molecule has 2 aromatic carbocycles. The van der Waals surface area contributed by atoms with E-state index in [0.717, 1.165) is 35.0 Å². The molecule has 4 rings (SSSR count). The van der Waals surface area contributed by atoms with Gasteiger partial charge < -0.3 is 10.6 Å². The van der Waals surface area contributed by atoms with Gasteiger partial charge in [-0.05, 0) is 56.9 Å². The average Bonchev–Trinajstić information content (AvgIpc) is 3.24. The summed E-state index contributed by atoms with van der Waals surface area (Å²) in [4.78, 5) is 12.7. The van der Waals surface area contributed by atoms with Gasteiger partial charge in [-0.15, -0.1) is 10.2 Å². The molecule has 8 heteroatoms. The maximum Gasteiger partial charge on any atom is 0.315 e. The molecule has 3 aromatic rings. The number of amides is 2. The second-order valence-corrected chi connectivity index (χ2v) is 10.4. The number of halogens is 1. The van der Waals surface area contributed by atoms with Crippen LogP contribution in [-0.2, 0) is 5.75 Å². The summed E-state index contributed by atoms with van der Waals surface area (Å²) < 4.78 is 2.02. The first-order valence-electron chi connectivity index (χ1n) is 11.9. The highest BCUT2D eigenvalue weighted by Crippen LogP contribution is 2.30. The predicted molar refractivity (Wildman–Crippen MR) is 139 cm³/mol. The van der Waals surface area contributed by atoms with Crippen LogP contribution in [0.4, 0.5) is 4.79 Å². The van der Waals surface area contributed by atoms with Crippen LogP contribution in [0.3, 0.4) is 0 Å². The number of urea groups is 1. The zero-order valence-electron chi connectivity index (χ0n) is 20.0. The fraction of sp³-hybridized carbons (Fsp3) is 0.423. The van der Waals surface area contributed by atoms with E-state index in [2.05, 4.69) is 52.0 Å². The van der Waals surface area contributed by atoms with Gasteiger partial charge in [-0.1, -0.05) is 78.5 Å². The van der Waals surface area contributed by atoms with Gasteiger partial charge in [-0.3, -0.25) is 4.57 Å². The number of carbonyl (C=O) groups excluding carboxylic acids is 1. The smallest absolute Gasteiger partial charge is 0.315 e. The number of rotatable bonds is 7. The lowest BCUT2D eigenvalue weighted by Crippen LogP contribution is -2.44. The maximum absolute atomic E-state index is 12.7. The Balaban J connectivity index is 1.58. The fourth-order valence-corrected chi connectivity index (χ4v) is 5.45. The average molecular weight is 498 g/mol. The van der Waals surface area contributed by atoms with Crippen molar-refractivity contribution in [1.29, 1.82) is 0 Å². The van der Waals surface area contributed by atoms with Crippen LogP contribution in [0.2, 0.25) is 5.02 Å². The maximum atomic E-state index is 12.7. The normalized spacial score (nSPS) is 15.2. The molecular weight excluding hydrogens is 466 g/mol. The van der Waals surface area contributed by atoms with Gasteiger partial charge in [0, 0.05) is 16.8 Å². The van der Waals surface area contributed by atoms with Crippen molar-refractivity contribution in [3.63, 3.8) is 0 Å². The van der Waals surface area contributed by atoms with E-state index in [9.17, 15) is 4.79 Å². The molecule has 1 fully saturated rings. The van der Waals surface area contributed by atoms with Crippen molar-refractivity contribution >= 4 is 29.4 Å². The molecule has 1 aromatic heterocycles. The van der Waals surface area contributed by atoms with Crippen LogP contribution in [0.15, 0.2) is 47.6 Å². The molecule has 1 unspecified atom stereocenters. The molecular formula is C26H32ClN5OS. The molecule has 2 N–H and O–H groups in total. The summed E-state index contributed by atoms with van der Waals surface area (Å²) in [6.45, 7) is 6.07. The molecule has 6 nitrogen and oxygen atoms in total. The summed E-state index contributed by atoms with van der Waals surface area (Å²) in [5.41, 5.74) is 4.43. The quantitative estimate of drug-likeness (QED) is 0.364. The molecule has 0 bridgehead atoms. The fourth-order valence-electron chi connectivity index (χ4n) is 4.39. The Morgan fingerprint density at radius 2 is 1.94 bits per heavy atom. The van der Waals surface area contributed by atoms with Crippen LogP contribution in [0.25, 0.3) is 5.69 Å². The molecule has 1 atom stereocenters. The molecule has 1 aliphatic carbocycles. The summed E-state index contributed by atoms with van der Waals surface area (Å²) >= 11 is 7.98. The van der Waals surface area contributed by atoms with Crippen LogP contribution in [-0.4, -0.2) is 26.8 Å². The van der Waals surface area contributed by atoms with Gasteiger partial charge in [-0.25, -0.2) is 4.79 Å². The molecule has 1 saturated carbocycles. The van der Waals surface area contributed by atoms with E-state index in [1.807, 2.05) is 36.6 Å². The molecule has 0 aliphatic heterocycles. The summed E-state index contributed by atoms with van der Waals surface area (Å²) in [5, 5.41) is 16.6. The Morgan fingerprint density at radius 3 is 2.71 bits per heavy atom. The van der Waals surface area contributed by atoms with Gasteiger partial charge in [0.1, 0.15) is 0 Å². The lowest BCUT2D eigenvalue weighted by Gasteiger charge is -2.24. The van der Waals surface area contributed by atoms with Crippen molar-refractivity contribution in [2.24, 2.45) is 0 Å². The topological polar surface area (TPSA) is 71.8 Å². The second-order valence-electron chi connectivity index (χ2n) is 9.06. The number of nitrogens with one attached hydrogen (secondary N) is 2. The minimum atomic E-state index is -0.331. The number of aromatic nitrogens is 3. The largest absolute Gasteiger partial charge is 0.335 e. The highest BCUT2D eigenvalue weighted by atomic mass is 35.5. The van der Waals surface area contributed by atoms with Crippen LogP contribution in [0, 0.1) is 13.8 Å². The standard InChI is InChI=1S/C26H32ClN5OS/c1-17-8-7-9-20(14-17)16-34-26-31-30-24(32(26)23-15-21(27)13-12-18(23)2)19(3)28-25(33)29-22-10-5-4-6-11-22/h7-9,12-15,19,22H,4-6,10-11,16H2,1-3H3,(H2,28,29,33). The van der Waals surface area contributed by atoms with Crippen molar-refractivity contribution < 1.29 is 4.79 Å². The van der Waals surface area contributed by atoms with Crippen molar-refractivity contribution in [3.8, 4) is 5.69 Å². The van der Waals surface area contributed by atoms with E-state index in [-0.39, 0.29) is 18.1 Å². The second kappa shape index (κ2) is 11.3. The number of aryl methyl sites for hydroxylation is 2. The zero-order chi connectivity index (χ0) is 24.1. The third-order valence-electron chi connectivity index (χ3n) is 6.20. The SMILES string of the molecule is Cc1cccc(CSc2nnc(C(C)NC(=O)NC3CCCCC3)n2-c2cc(Cl)ccc2C)c1. The zero-order valence-corrected chi connectivity index (χ0v) is 21.5. The lowest BCUT2D eigenvalue weighted by molar-refractivity contribution is 0.229. The minimum absolute atomic E-state index is 0.161. The number of carbonyl (C=O) groups is 1. The molecule has 1 heterocycles. The molecule has 2 amide bonds. The molecule has 180 valence electrons. The Morgan fingerprint density at radius 1 is 1.15 bits per heavy atom. The van der Waals surface area contributed by atoms with E-state index in [1.165, 1.54) is 30.4 Å². The number of nitrogens with zero attached hydrogens (tertiary/aromatic N) is 3. The number of hydrogen-bond acceptors (Lipinski definition) is 4. The van der Waals surface area contributed by atoms with Crippen LogP contribution in [0.1, 0.15) is 67.6 Å². The van der Waals surface area contributed by atoms with Gasteiger partial charge in [0.15, 0.2) is 11.0 Å². The summed E-state index contributed by atoms with van der Waals surface area (Å²) in [6.07, 6.45) is 5.68. The van der Waals surface area contributed by atoms with Crippen molar-refractivity contribution in [2.75, 3.05) is 0 Å². The first-order valence-corrected chi connectivity index (χ1v) is 13.2. The molecule has 1 aliphatic rings. The summed E-state index contributed by atoms with van der Waals surface area (Å²) in [7, 11) is 0. The van der Waals surface area contributed by atoms with Crippen LogP contribution < -0.4 is 10.6 Å². The first kappa shape index (κ1) is 24.6. The number of hydrogen-bond donors (Lipinski definition) is 2. The van der Waals surface area contributed by atoms with E-state index in [1.54, 1.807) is 11.8 Å². The van der Waals surface area contributed by atoms with E-state index < -0.39 is 0 Å². The number of benzene rings is 2. The van der Waals surface area contributed by atoms with Gasteiger partial charge >= 0.3 is 6.03 Å². The third kappa shape index (κ3) is 6.13. The van der Waals surface area contributed by atoms with E-state index in [4.69, 9.17) is 11.6 Å². The summed E-state index contributed by atoms with van der Waals surface area (Å²) in [5.74, 6) is 1.44. The van der Waals surface area contributed by atoms with Gasteiger partial charge in [0.25, 0.3) is 0 Å². The van der Waals surface area contributed by atoms with Crippen molar-refractivity contribution in [1.82, 2.24) is 25.4 Å². The Labute approximate surface area is 210 Å². The minimum Gasteiger partial charge on any atom is -0.335 e. The van der Waals surface area contributed by atoms with Crippen molar-refractivity contribution in [2.45, 2.75) is 75.9 Å². The monoisotopic (exact) mass is 497 g/mol. The molecule has 0 spiro atoms. The predicted octanol–water partition coefficient (Wildman–Crippen LogP) is 6.52. The van der Waals surface area contributed by atoms with Crippen LogP contribution >= 0.6 is 23.4 Å². The molecule has 34 heavy (non-hydrogen) atoms. The molecule has 0 radical (unpaired) electrons. The summed E-state index contributed by atoms with van der Waals surface area (Å²) in [6, 6.07) is 14.0. The van der Waals surface area contributed by atoms with Gasteiger partial charge in [0.05, 0.1) is 11.7 Å². The lowest BCUT2D eigenvalue weighted by atomic mass is 9.96. The first-order chi connectivity index (χ1) is 16.4. The Kier molecular flexibility index (Phi) is 8.16. The van der Waals surface area contributed by atoms with Crippen molar-refractivity contribution in [3.05, 3.63) is 70.0 Å². The van der Waals surface area contributed by atoms with Gasteiger partial charge in [-0.2, -0.15) is 0 Å². The Hall–Kier alpha value is -2.51. The highest BCUT2D eigenvalue weighted by Gasteiger charge is 2.23. The van der Waals surface area contributed by atoms with E-state index >= 15 is 0 Å². The molecule has 0 saturated heterocycles. The van der Waals surface area contributed by atoms with E-state index in [0.29, 0.717) is 10.8 Å². The third-order valence-corrected chi connectivity index (χ3v) is 7.43. The van der Waals surface area contributed by atoms with Crippen LogP contribution in [0.5, 0.6) is 0 Å². The Bertz CT molecular complexity index is 1140.